The second kappa shape index (κ2) is 13.4. The molecule has 1 aliphatic carbocycles. The summed E-state index contributed by atoms with van der Waals surface area (Å²) in [4.78, 5) is 46.1. The first kappa shape index (κ1) is 29.0. The molecule has 6 rings (SSSR count). The van der Waals surface area contributed by atoms with E-state index in [-0.39, 0.29) is 11.5 Å². The van der Waals surface area contributed by atoms with Crippen molar-refractivity contribution in [3.63, 3.8) is 0 Å². The van der Waals surface area contributed by atoms with Crippen LogP contribution in [0.25, 0.3) is 16.7 Å². The number of allylic oxidation sites excluding steroid dienone is 4. The number of fused-ring (bicyclic) bond motifs is 1. The van der Waals surface area contributed by atoms with E-state index in [0.29, 0.717) is 28.6 Å². The number of benzene rings is 1. The van der Waals surface area contributed by atoms with Crippen molar-refractivity contribution >= 4 is 40.0 Å². The molecule has 4 heterocycles. The van der Waals surface area contributed by atoms with Gasteiger partial charge in [-0.3, -0.25) is 9.59 Å². The van der Waals surface area contributed by atoms with Crippen LogP contribution in [0, 0.1) is 0 Å². The number of hydrogen-bond donors (Lipinski definition) is 2. The van der Waals surface area contributed by atoms with E-state index in [9.17, 15) is 9.59 Å². The Morgan fingerprint density at radius 2 is 1.88 bits per heavy atom. The van der Waals surface area contributed by atoms with Crippen LogP contribution in [-0.2, 0) is 4.79 Å². The molecular weight excluding hydrogens is 532 g/mol. The normalized spacial score (nSPS) is 17.0. The number of likely N-dealkylation sites (N-methyl/N-ethyl adjacent to an activating group) is 1. The van der Waals surface area contributed by atoms with Gasteiger partial charge in [-0.25, -0.2) is 9.97 Å². The fraction of sp³-hybridized carbons (Fsp3) is 0.387. The molecule has 1 aromatic carbocycles. The lowest BCUT2D eigenvalue weighted by Crippen LogP contribution is -2.44. The first-order chi connectivity index (χ1) is 20.4. The number of carbonyl (C=O) groups is 1. The van der Waals surface area contributed by atoms with Crippen LogP contribution in [0.4, 0.5) is 17.3 Å². The van der Waals surface area contributed by atoms with E-state index in [4.69, 9.17) is 4.74 Å². The Labute approximate surface area is 245 Å². The summed E-state index contributed by atoms with van der Waals surface area (Å²) in [5, 5.41) is 3.20. The highest BCUT2D eigenvalue weighted by atomic mass is 16.5. The minimum atomic E-state index is -0.265. The quantitative estimate of drug-likeness (QED) is 0.427. The Balaban J connectivity index is 0.000000336. The standard InChI is InChI=1S/C24H27N7O2.C7H11NO/c1-30-10-12-31(13-11-30)17-8-9-18(20(14-17)33-2)27-24-25-15-19-22(29-24)28-23(32)21(26-19)16-6-4-3-5-7-16;1-2-7(9)8-5-3-4-6-8/h4,6-9,14-15H,3,5,10-13H2,1-2H3,(H2,25,27,28,29,32);2H,1,3-6H2. The number of nitrogens with one attached hydrogen (secondary N) is 2. The minimum Gasteiger partial charge on any atom is -0.494 e. The van der Waals surface area contributed by atoms with Crippen LogP contribution in [0.3, 0.4) is 0 Å². The van der Waals surface area contributed by atoms with Gasteiger partial charge in [-0.2, -0.15) is 4.98 Å². The van der Waals surface area contributed by atoms with Crippen molar-refractivity contribution in [1.29, 1.82) is 0 Å². The lowest BCUT2D eigenvalue weighted by Gasteiger charge is -2.34. The first-order valence-electron chi connectivity index (χ1n) is 14.4. The number of likely N-dealkylation sites (tertiary alicyclic amines) is 1. The fourth-order valence-corrected chi connectivity index (χ4v) is 5.16. The van der Waals surface area contributed by atoms with E-state index < -0.39 is 0 Å². The maximum absolute atomic E-state index is 12.6. The number of piperazine rings is 1. The third-order valence-corrected chi connectivity index (χ3v) is 7.61. The highest BCUT2D eigenvalue weighted by molar-refractivity contribution is 5.87. The molecule has 2 aliphatic heterocycles. The van der Waals surface area contributed by atoms with E-state index >= 15 is 0 Å². The lowest BCUT2D eigenvalue weighted by atomic mass is 10.0. The van der Waals surface area contributed by atoms with Gasteiger partial charge in [-0.05, 0) is 50.9 Å². The second-order valence-electron chi connectivity index (χ2n) is 10.5. The van der Waals surface area contributed by atoms with Gasteiger partial charge in [0.05, 0.1) is 19.0 Å². The number of nitrogens with zero attached hydrogens (tertiary/aromatic N) is 6. The van der Waals surface area contributed by atoms with Crippen LogP contribution >= 0.6 is 0 Å². The maximum Gasteiger partial charge on any atom is 0.276 e. The van der Waals surface area contributed by atoms with Crippen molar-refractivity contribution in [2.45, 2.75) is 25.7 Å². The monoisotopic (exact) mass is 570 g/mol. The Hall–Kier alpha value is -4.51. The van der Waals surface area contributed by atoms with E-state index in [2.05, 4.69) is 54.7 Å². The summed E-state index contributed by atoms with van der Waals surface area (Å²) in [5.74, 6) is 1.13. The first-order valence-corrected chi connectivity index (χ1v) is 14.4. The zero-order valence-electron chi connectivity index (χ0n) is 24.3. The molecule has 2 saturated heterocycles. The van der Waals surface area contributed by atoms with Crippen molar-refractivity contribution in [3.05, 3.63) is 71.3 Å². The Morgan fingerprint density at radius 3 is 2.57 bits per heavy atom. The maximum atomic E-state index is 12.6. The number of carbonyl (C=O) groups excluding carboxylic acids is 1. The van der Waals surface area contributed by atoms with Crippen molar-refractivity contribution < 1.29 is 9.53 Å². The number of hydrogen-bond acceptors (Lipinski definition) is 9. The van der Waals surface area contributed by atoms with Crippen LogP contribution in [0.1, 0.15) is 31.4 Å². The molecule has 2 aromatic heterocycles. The molecule has 3 aliphatic rings. The number of H-pyrrole nitrogens is 1. The van der Waals surface area contributed by atoms with Crippen LogP contribution in [0.15, 0.2) is 60.1 Å². The minimum absolute atomic E-state index is 0.0764. The molecule has 3 aromatic rings. The number of amides is 1. The van der Waals surface area contributed by atoms with Gasteiger partial charge in [0.25, 0.3) is 5.56 Å². The molecule has 2 fully saturated rings. The largest absolute Gasteiger partial charge is 0.494 e. The summed E-state index contributed by atoms with van der Waals surface area (Å²) in [7, 11) is 3.79. The van der Waals surface area contributed by atoms with Crippen LogP contribution in [-0.4, -0.2) is 89.1 Å². The highest BCUT2D eigenvalue weighted by Gasteiger charge is 2.17. The van der Waals surface area contributed by atoms with Crippen LogP contribution < -0.4 is 20.5 Å². The van der Waals surface area contributed by atoms with Crippen molar-refractivity contribution in [3.8, 4) is 5.75 Å². The van der Waals surface area contributed by atoms with E-state index in [0.717, 1.165) is 81.9 Å². The number of aromatic nitrogens is 4. The van der Waals surface area contributed by atoms with Crippen molar-refractivity contribution in [1.82, 2.24) is 29.7 Å². The van der Waals surface area contributed by atoms with Gasteiger partial charge in [0.2, 0.25) is 11.9 Å². The molecule has 0 unspecified atom stereocenters. The Bertz CT molecular complexity index is 1550. The molecule has 1 amide bonds. The molecule has 0 spiro atoms. The molecule has 0 atom stereocenters. The SMILES string of the molecule is C=CC(=O)N1CCCC1.COc1cc(N2CCN(C)CC2)ccc1Nc1ncc2nc(C3=CCCC=C3)c(=O)[nH]c2n1. The molecule has 220 valence electrons. The summed E-state index contributed by atoms with van der Waals surface area (Å²) in [6.45, 7) is 9.29. The summed E-state index contributed by atoms with van der Waals surface area (Å²) in [6.07, 6.45) is 13.2. The van der Waals surface area contributed by atoms with E-state index in [1.165, 1.54) is 6.08 Å². The smallest absolute Gasteiger partial charge is 0.276 e. The summed E-state index contributed by atoms with van der Waals surface area (Å²) >= 11 is 0. The second-order valence-corrected chi connectivity index (χ2v) is 10.5. The van der Waals surface area contributed by atoms with Gasteiger partial charge in [0.15, 0.2) is 5.65 Å². The lowest BCUT2D eigenvalue weighted by molar-refractivity contribution is -0.124. The van der Waals surface area contributed by atoms with E-state index in [1.54, 1.807) is 13.3 Å². The number of ether oxygens (including phenoxy) is 1. The molecule has 42 heavy (non-hydrogen) atoms. The molecule has 0 saturated carbocycles. The zero-order chi connectivity index (χ0) is 29.5. The topological polar surface area (TPSA) is 120 Å². The third-order valence-electron chi connectivity index (χ3n) is 7.61. The third kappa shape index (κ3) is 6.85. The predicted molar refractivity (Wildman–Crippen MR) is 166 cm³/mol. The summed E-state index contributed by atoms with van der Waals surface area (Å²) in [5.41, 5.74) is 3.75. The van der Waals surface area contributed by atoms with Gasteiger partial charge < -0.3 is 29.7 Å². The van der Waals surface area contributed by atoms with E-state index in [1.807, 2.05) is 35.3 Å². The Kier molecular flexibility index (Phi) is 9.28. The molecular formula is C31H38N8O3. The summed E-state index contributed by atoms with van der Waals surface area (Å²) < 4.78 is 5.62. The van der Waals surface area contributed by atoms with Gasteiger partial charge >= 0.3 is 0 Å². The molecule has 0 radical (unpaired) electrons. The van der Waals surface area contributed by atoms with Crippen LogP contribution in [0.5, 0.6) is 5.75 Å². The molecule has 11 nitrogen and oxygen atoms in total. The Morgan fingerprint density at radius 1 is 1.10 bits per heavy atom. The zero-order valence-corrected chi connectivity index (χ0v) is 24.3. The van der Waals surface area contributed by atoms with Gasteiger partial charge in [-0.15, -0.1) is 0 Å². The number of anilines is 3. The summed E-state index contributed by atoms with van der Waals surface area (Å²) in [6, 6.07) is 6.06. The number of methoxy groups -OCH3 is 1. The van der Waals surface area contributed by atoms with Gasteiger partial charge in [0, 0.05) is 56.6 Å². The van der Waals surface area contributed by atoms with Crippen LogP contribution in [0.2, 0.25) is 0 Å². The van der Waals surface area contributed by atoms with Crippen molar-refractivity contribution in [2.24, 2.45) is 0 Å². The van der Waals surface area contributed by atoms with Gasteiger partial charge in [0.1, 0.15) is 17.0 Å². The predicted octanol–water partition coefficient (Wildman–Crippen LogP) is 3.75. The average Bonchev–Trinajstić information content (AvgIpc) is 3.57. The molecule has 0 bridgehead atoms. The molecule has 2 N–H and O–H groups in total. The number of aromatic amines is 1. The average molecular weight is 571 g/mol. The van der Waals surface area contributed by atoms with Crippen molar-refractivity contribution in [2.75, 3.05) is 63.6 Å². The molecule has 11 heteroatoms. The highest BCUT2D eigenvalue weighted by Crippen LogP contribution is 2.32. The number of rotatable bonds is 6. The fourth-order valence-electron chi connectivity index (χ4n) is 5.16. The van der Waals surface area contributed by atoms with Gasteiger partial charge in [-0.1, -0.05) is 24.8 Å².